The van der Waals surface area contributed by atoms with E-state index in [2.05, 4.69) is 17.6 Å². The van der Waals surface area contributed by atoms with Gasteiger partial charge in [0.05, 0.1) is 6.54 Å². The van der Waals surface area contributed by atoms with Crippen molar-refractivity contribution in [2.24, 2.45) is 5.92 Å². The molecule has 1 aromatic carbocycles. The quantitative estimate of drug-likeness (QED) is 0.883. The minimum Gasteiger partial charge on any atom is -0.352 e. The molecule has 108 valence electrons. The van der Waals surface area contributed by atoms with Crippen LogP contribution in [0.2, 0.25) is 0 Å². The van der Waals surface area contributed by atoms with Crippen molar-refractivity contribution in [3.8, 4) is 0 Å². The van der Waals surface area contributed by atoms with Gasteiger partial charge in [-0.05, 0) is 30.9 Å². The van der Waals surface area contributed by atoms with Crippen LogP contribution in [0.4, 0.5) is 0 Å². The Morgan fingerprint density at radius 3 is 2.55 bits per heavy atom. The highest BCUT2D eigenvalue weighted by Crippen LogP contribution is 2.23. The summed E-state index contributed by atoms with van der Waals surface area (Å²) < 4.78 is 0. The highest BCUT2D eigenvalue weighted by atomic mass is 16.2. The molecule has 0 saturated heterocycles. The SMILES string of the molecule is C[C@@H]1CCCC[C@H]1NC(=O)CNC(=O)c1ccccc1. The van der Waals surface area contributed by atoms with Crippen molar-refractivity contribution >= 4 is 11.8 Å². The van der Waals surface area contributed by atoms with Crippen LogP contribution in [-0.2, 0) is 4.79 Å². The number of benzene rings is 1. The maximum absolute atomic E-state index is 11.9. The monoisotopic (exact) mass is 274 g/mol. The maximum Gasteiger partial charge on any atom is 0.251 e. The smallest absolute Gasteiger partial charge is 0.251 e. The molecule has 0 unspecified atom stereocenters. The summed E-state index contributed by atoms with van der Waals surface area (Å²) in [6.45, 7) is 2.21. The van der Waals surface area contributed by atoms with E-state index in [9.17, 15) is 9.59 Å². The number of nitrogens with one attached hydrogen (secondary N) is 2. The first-order chi connectivity index (χ1) is 9.66. The average molecular weight is 274 g/mol. The summed E-state index contributed by atoms with van der Waals surface area (Å²) >= 11 is 0. The molecule has 1 saturated carbocycles. The van der Waals surface area contributed by atoms with E-state index in [-0.39, 0.29) is 24.4 Å². The van der Waals surface area contributed by atoms with E-state index >= 15 is 0 Å². The molecule has 0 aromatic heterocycles. The Hall–Kier alpha value is -1.84. The molecular weight excluding hydrogens is 252 g/mol. The Labute approximate surface area is 119 Å². The molecule has 2 N–H and O–H groups in total. The van der Waals surface area contributed by atoms with Crippen LogP contribution in [0.15, 0.2) is 30.3 Å². The van der Waals surface area contributed by atoms with Gasteiger partial charge in [-0.3, -0.25) is 9.59 Å². The Balaban J connectivity index is 1.76. The van der Waals surface area contributed by atoms with Crippen LogP contribution in [0.3, 0.4) is 0 Å². The zero-order chi connectivity index (χ0) is 14.4. The van der Waals surface area contributed by atoms with Crippen LogP contribution in [0.1, 0.15) is 43.0 Å². The van der Waals surface area contributed by atoms with E-state index in [4.69, 9.17) is 0 Å². The zero-order valence-electron chi connectivity index (χ0n) is 11.9. The molecule has 0 heterocycles. The third-order valence-electron chi connectivity index (χ3n) is 3.90. The van der Waals surface area contributed by atoms with Crippen molar-refractivity contribution in [2.45, 2.75) is 38.6 Å². The normalized spacial score (nSPS) is 22.1. The Bertz CT molecular complexity index is 459. The first-order valence-electron chi connectivity index (χ1n) is 7.29. The van der Waals surface area contributed by atoms with Crippen molar-refractivity contribution in [3.63, 3.8) is 0 Å². The van der Waals surface area contributed by atoms with Gasteiger partial charge >= 0.3 is 0 Å². The van der Waals surface area contributed by atoms with Gasteiger partial charge in [0.1, 0.15) is 0 Å². The third kappa shape index (κ3) is 4.08. The molecule has 0 aliphatic heterocycles. The van der Waals surface area contributed by atoms with Crippen molar-refractivity contribution in [1.29, 1.82) is 0 Å². The largest absolute Gasteiger partial charge is 0.352 e. The fourth-order valence-corrected chi connectivity index (χ4v) is 2.64. The summed E-state index contributed by atoms with van der Waals surface area (Å²) in [7, 11) is 0. The number of carbonyl (C=O) groups is 2. The third-order valence-corrected chi connectivity index (χ3v) is 3.90. The zero-order valence-corrected chi connectivity index (χ0v) is 11.9. The van der Waals surface area contributed by atoms with E-state index < -0.39 is 0 Å². The van der Waals surface area contributed by atoms with Crippen molar-refractivity contribution in [1.82, 2.24) is 10.6 Å². The lowest BCUT2D eigenvalue weighted by atomic mass is 9.86. The van der Waals surface area contributed by atoms with Gasteiger partial charge in [0.2, 0.25) is 5.91 Å². The molecule has 4 nitrogen and oxygen atoms in total. The minimum atomic E-state index is -0.211. The fourth-order valence-electron chi connectivity index (χ4n) is 2.64. The van der Waals surface area contributed by atoms with Gasteiger partial charge < -0.3 is 10.6 Å². The van der Waals surface area contributed by atoms with Gasteiger partial charge in [0.15, 0.2) is 0 Å². The number of amides is 2. The van der Waals surface area contributed by atoms with Crippen molar-refractivity contribution < 1.29 is 9.59 Å². The Morgan fingerprint density at radius 2 is 1.85 bits per heavy atom. The van der Waals surface area contributed by atoms with Crippen LogP contribution in [0.5, 0.6) is 0 Å². The lowest BCUT2D eigenvalue weighted by Crippen LogP contribution is -2.45. The van der Waals surface area contributed by atoms with Gasteiger partial charge in [0.25, 0.3) is 5.91 Å². The van der Waals surface area contributed by atoms with Gasteiger partial charge in [0, 0.05) is 11.6 Å². The van der Waals surface area contributed by atoms with Crippen LogP contribution in [0, 0.1) is 5.92 Å². The first-order valence-corrected chi connectivity index (χ1v) is 7.29. The van der Waals surface area contributed by atoms with E-state index in [1.165, 1.54) is 19.3 Å². The molecule has 0 radical (unpaired) electrons. The molecule has 2 atom stereocenters. The average Bonchev–Trinajstić information content (AvgIpc) is 2.48. The highest BCUT2D eigenvalue weighted by Gasteiger charge is 2.22. The van der Waals surface area contributed by atoms with E-state index in [0.717, 1.165) is 6.42 Å². The molecular formula is C16H22N2O2. The summed E-state index contributed by atoms with van der Waals surface area (Å²) in [6, 6.07) is 9.18. The molecule has 4 heteroatoms. The van der Waals surface area contributed by atoms with Crippen molar-refractivity contribution in [3.05, 3.63) is 35.9 Å². The molecule has 0 bridgehead atoms. The second-order valence-electron chi connectivity index (χ2n) is 5.48. The highest BCUT2D eigenvalue weighted by molar-refractivity contribution is 5.96. The van der Waals surface area contributed by atoms with Crippen LogP contribution < -0.4 is 10.6 Å². The number of hydrogen-bond acceptors (Lipinski definition) is 2. The van der Waals surface area contributed by atoms with Crippen LogP contribution in [-0.4, -0.2) is 24.4 Å². The summed E-state index contributed by atoms with van der Waals surface area (Å²) in [4.78, 5) is 23.7. The predicted molar refractivity (Wildman–Crippen MR) is 78.3 cm³/mol. The summed E-state index contributed by atoms with van der Waals surface area (Å²) in [6.07, 6.45) is 4.63. The Kier molecular flexibility index (Phi) is 5.16. The molecule has 1 aliphatic rings. The lowest BCUT2D eigenvalue weighted by Gasteiger charge is -2.29. The van der Waals surface area contributed by atoms with Crippen molar-refractivity contribution in [2.75, 3.05) is 6.54 Å². The van der Waals surface area contributed by atoms with Crippen LogP contribution >= 0.6 is 0 Å². The molecule has 1 aliphatic carbocycles. The number of rotatable bonds is 4. The number of carbonyl (C=O) groups excluding carboxylic acids is 2. The summed E-state index contributed by atoms with van der Waals surface area (Å²) in [5.41, 5.74) is 0.575. The van der Waals surface area contributed by atoms with E-state index in [1.807, 2.05) is 6.07 Å². The van der Waals surface area contributed by atoms with E-state index in [1.54, 1.807) is 24.3 Å². The first kappa shape index (κ1) is 14.6. The van der Waals surface area contributed by atoms with Gasteiger partial charge in [-0.2, -0.15) is 0 Å². The molecule has 1 aromatic rings. The van der Waals surface area contributed by atoms with E-state index in [0.29, 0.717) is 11.5 Å². The fraction of sp³-hybridized carbons (Fsp3) is 0.500. The standard InChI is InChI=1S/C16H22N2O2/c1-12-7-5-6-10-14(12)18-15(19)11-17-16(20)13-8-3-2-4-9-13/h2-4,8-9,12,14H,5-7,10-11H2,1H3,(H,17,20)(H,18,19)/t12-,14-/m1/s1. The van der Waals surface area contributed by atoms with Gasteiger partial charge in [-0.25, -0.2) is 0 Å². The van der Waals surface area contributed by atoms with Crippen LogP contribution in [0.25, 0.3) is 0 Å². The summed E-state index contributed by atoms with van der Waals surface area (Å²) in [5.74, 6) is 0.211. The predicted octanol–water partition coefficient (Wildman–Crippen LogP) is 2.11. The second kappa shape index (κ2) is 7.08. The summed E-state index contributed by atoms with van der Waals surface area (Å²) in [5, 5.41) is 5.67. The molecule has 2 amide bonds. The maximum atomic E-state index is 11.9. The molecule has 20 heavy (non-hydrogen) atoms. The molecule has 0 spiro atoms. The lowest BCUT2D eigenvalue weighted by molar-refractivity contribution is -0.121. The minimum absolute atomic E-state index is 0.0386. The topological polar surface area (TPSA) is 58.2 Å². The van der Waals surface area contributed by atoms with Gasteiger partial charge in [-0.15, -0.1) is 0 Å². The molecule has 2 rings (SSSR count). The molecule has 1 fully saturated rings. The number of hydrogen-bond donors (Lipinski definition) is 2. The Morgan fingerprint density at radius 1 is 1.15 bits per heavy atom. The van der Waals surface area contributed by atoms with Gasteiger partial charge in [-0.1, -0.05) is 38.0 Å². The second-order valence-corrected chi connectivity index (χ2v) is 5.48.